The topological polar surface area (TPSA) is 24.5 Å². The van der Waals surface area contributed by atoms with Gasteiger partial charge in [-0.3, -0.25) is 4.90 Å². The molecule has 15 heavy (non-hydrogen) atoms. The minimum absolute atomic E-state index is 0.694. The van der Waals surface area contributed by atoms with Crippen LogP contribution in [-0.2, 0) is 4.74 Å². The van der Waals surface area contributed by atoms with Crippen molar-refractivity contribution in [1.29, 1.82) is 0 Å². The lowest BCUT2D eigenvalue weighted by atomic mass is 9.96. The number of rotatable bonds is 3. The molecule has 0 amide bonds. The second kappa shape index (κ2) is 5.28. The second-order valence-electron chi connectivity index (χ2n) is 4.87. The smallest absolute Gasteiger partial charge is 0.0509 e. The maximum absolute atomic E-state index is 5.50. The third-order valence-electron chi connectivity index (χ3n) is 4.04. The van der Waals surface area contributed by atoms with Crippen LogP contribution in [0, 0.1) is 5.92 Å². The summed E-state index contributed by atoms with van der Waals surface area (Å²) in [4.78, 5) is 2.69. The molecule has 2 heterocycles. The Bertz CT molecular complexity index is 192. The van der Waals surface area contributed by atoms with Crippen LogP contribution in [0.4, 0.5) is 0 Å². The molecule has 0 spiro atoms. The molecule has 88 valence electrons. The van der Waals surface area contributed by atoms with Gasteiger partial charge in [0.15, 0.2) is 0 Å². The average Bonchev–Trinajstić information content (AvgIpc) is 2.81. The van der Waals surface area contributed by atoms with E-state index in [1.807, 2.05) is 0 Å². The van der Waals surface area contributed by atoms with Crippen LogP contribution in [0.2, 0.25) is 0 Å². The van der Waals surface area contributed by atoms with Gasteiger partial charge in [-0.05, 0) is 25.7 Å². The maximum atomic E-state index is 5.50. The molecule has 0 saturated carbocycles. The van der Waals surface area contributed by atoms with Gasteiger partial charge in [-0.2, -0.15) is 0 Å². The van der Waals surface area contributed by atoms with E-state index in [4.69, 9.17) is 4.74 Å². The summed E-state index contributed by atoms with van der Waals surface area (Å²) in [6.07, 6.45) is 2.51. The van der Waals surface area contributed by atoms with E-state index in [0.29, 0.717) is 6.04 Å². The van der Waals surface area contributed by atoms with Crippen molar-refractivity contribution in [2.45, 2.75) is 38.8 Å². The Kier molecular flexibility index (Phi) is 4.00. The lowest BCUT2D eigenvalue weighted by molar-refractivity contribution is 0.0705. The Morgan fingerprint density at radius 3 is 3.07 bits per heavy atom. The third-order valence-corrected chi connectivity index (χ3v) is 4.04. The molecule has 2 aliphatic rings. The van der Waals surface area contributed by atoms with E-state index in [1.165, 1.54) is 19.4 Å². The molecule has 3 heteroatoms. The van der Waals surface area contributed by atoms with Gasteiger partial charge in [0.2, 0.25) is 0 Å². The van der Waals surface area contributed by atoms with Gasteiger partial charge in [0.25, 0.3) is 0 Å². The molecule has 0 aromatic heterocycles. The highest BCUT2D eigenvalue weighted by Gasteiger charge is 2.31. The molecule has 2 rings (SSSR count). The van der Waals surface area contributed by atoms with Crippen molar-refractivity contribution >= 4 is 0 Å². The van der Waals surface area contributed by atoms with Crippen LogP contribution in [0.3, 0.4) is 0 Å². The standard InChI is InChI=1S/C12H24N2O/c1-3-12-8-13-5-6-14(12)10(2)11-4-7-15-9-11/h10-13H,3-9H2,1-2H3. The van der Waals surface area contributed by atoms with Crippen molar-refractivity contribution in [3.05, 3.63) is 0 Å². The Balaban J connectivity index is 1.93. The van der Waals surface area contributed by atoms with Crippen molar-refractivity contribution in [3.63, 3.8) is 0 Å². The lowest BCUT2D eigenvalue weighted by Crippen LogP contribution is -2.56. The summed E-state index contributed by atoms with van der Waals surface area (Å²) in [6, 6.07) is 1.42. The molecule has 2 fully saturated rings. The maximum Gasteiger partial charge on any atom is 0.0509 e. The Morgan fingerprint density at radius 2 is 2.40 bits per heavy atom. The van der Waals surface area contributed by atoms with E-state index in [2.05, 4.69) is 24.1 Å². The predicted octanol–water partition coefficient (Wildman–Crippen LogP) is 1.10. The highest BCUT2D eigenvalue weighted by molar-refractivity contribution is 4.86. The van der Waals surface area contributed by atoms with E-state index in [1.54, 1.807) is 0 Å². The summed E-state index contributed by atoms with van der Waals surface area (Å²) in [5.74, 6) is 0.761. The Hall–Kier alpha value is -0.120. The summed E-state index contributed by atoms with van der Waals surface area (Å²) in [6.45, 7) is 10.1. The molecular formula is C12H24N2O. The van der Waals surface area contributed by atoms with Gasteiger partial charge >= 0.3 is 0 Å². The van der Waals surface area contributed by atoms with Crippen LogP contribution < -0.4 is 5.32 Å². The van der Waals surface area contributed by atoms with Crippen molar-refractivity contribution in [3.8, 4) is 0 Å². The van der Waals surface area contributed by atoms with E-state index in [9.17, 15) is 0 Å². The van der Waals surface area contributed by atoms with Gasteiger partial charge in [0, 0.05) is 38.3 Å². The van der Waals surface area contributed by atoms with Crippen molar-refractivity contribution < 1.29 is 4.74 Å². The highest BCUT2D eigenvalue weighted by Crippen LogP contribution is 2.23. The molecule has 0 aliphatic carbocycles. The van der Waals surface area contributed by atoms with Crippen LogP contribution in [0.5, 0.6) is 0 Å². The van der Waals surface area contributed by atoms with Crippen LogP contribution >= 0.6 is 0 Å². The van der Waals surface area contributed by atoms with Gasteiger partial charge in [-0.25, -0.2) is 0 Å². The minimum atomic E-state index is 0.694. The normalized spacial score (nSPS) is 35.6. The molecule has 0 bridgehead atoms. The lowest BCUT2D eigenvalue weighted by Gasteiger charge is -2.41. The summed E-state index contributed by atoms with van der Waals surface area (Å²) in [5, 5.41) is 3.49. The van der Waals surface area contributed by atoms with Crippen molar-refractivity contribution in [2.75, 3.05) is 32.8 Å². The number of nitrogens with one attached hydrogen (secondary N) is 1. The largest absolute Gasteiger partial charge is 0.381 e. The fourth-order valence-electron chi connectivity index (χ4n) is 2.90. The third kappa shape index (κ3) is 2.52. The fraction of sp³-hybridized carbons (Fsp3) is 1.00. The monoisotopic (exact) mass is 212 g/mol. The Labute approximate surface area is 93.2 Å². The number of hydrogen-bond donors (Lipinski definition) is 1. The zero-order chi connectivity index (χ0) is 10.7. The molecule has 3 unspecified atom stereocenters. The quantitative estimate of drug-likeness (QED) is 0.758. The summed E-state index contributed by atoms with van der Waals surface area (Å²) in [5.41, 5.74) is 0. The van der Waals surface area contributed by atoms with Crippen LogP contribution in [0.25, 0.3) is 0 Å². The summed E-state index contributed by atoms with van der Waals surface area (Å²) in [7, 11) is 0. The first-order valence-corrected chi connectivity index (χ1v) is 6.37. The van der Waals surface area contributed by atoms with Gasteiger partial charge < -0.3 is 10.1 Å². The van der Waals surface area contributed by atoms with Crippen LogP contribution in [-0.4, -0.2) is 49.8 Å². The van der Waals surface area contributed by atoms with Crippen molar-refractivity contribution in [1.82, 2.24) is 10.2 Å². The van der Waals surface area contributed by atoms with Crippen LogP contribution in [0.1, 0.15) is 26.7 Å². The van der Waals surface area contributed by atoms with Gasteiger partial charge in [-0.15, -0.1) is 0 Å². The van der Waals surface area contributed by atoms with Gasteiger partial charge in [-0.1, -0.05) is 6.92 Å². The number of ether oxygens (including phenoxy) is 1. The van der Waals surface area contributed by atoms with E-state index < -0.39 is 0 Å². The molecule has 3 nitrogen and oxygen atoms in total. The van der Waals surface area contributed by atoms with Crippen LogP contribution in [0.15, 0.2) is 0 Å². The zero-order valence-electron chi connectivity index (χ0n) is 10.0. The Morgan fingerprint density at radius 1 is 1.53 bits per heavy atom. The molecule has 2 aliphatic heterocycles. The molecule has 0 aromatic rings. The van der Waals surface area contributed by atoms with E-state index in [-0.39, 0.29) is 0 Å². The molecule has 2 saturated heterocycles. The predicted molar refractivity (Wildman–Crippen MR) is 62.0 cm³/mol. The fourth-order valence-corrected chi connectivity index (χ4v) is 2.90. The first kappa shape index (κ1) is 11.4. The molecule has 1 N–H and O–H groups in total. The minimum Gasteiger partial charge on any atom is -0.381 e. The molecular weight excluding hydrogens is 188 g/mol. The number of piperazine rings is 1. The van der Waals surface area contributed by atoms with E-state index >= 15 is 0 Å². The highest BCUT2D eigenvalue weighted by atomic mass is 16.5. The average molecular weight is 212 g/mol. The number of nitrogens with zero attached hydrogens (tertiary/aromatic N) is 1. The second-order valence-corrected chi connectivity index (χ2v) is 4.87. The molecule has 0 radical (unpaired) electrons. The number of hydrogen-bond acceptors (Lipinski definition) is 3. The summed E-state index contributed by atoms with van der Waals surface area (Å²) < 4.78 is 5.50. The summed E-state index contributed by atoms with van der Waals surface area (Å²) >= 11 is 0. The van der Waals surface area contributed by atoms with Crippen molar-refractivity contribution in [2.24, 2.45) is 5.92 Å². The first-order chi connectivity index (χ1) is 7.33. The van der Waals surface area contributed by atoms with Gasteiger partial charge in [0.05, 0.1) is 6.61 Å². The van der Waals surface area contributed by atoms with Gasteiger partial charge in [0.1, 0.15) is 0 Å². The SMILES string of the molecule is CCC1CNCCN1C(C)C1CCOC1. The zero-order valence-corrected chi connectivity index (χ0v) is 10.0. The molecule has 3 atom stereocenters. The van der Waals surface area contributed by atoms with E-state index in [0.717, 1.165) is 38.3 Å². The molecule has 0 aromatic carbocycles. The first-order valence-electron chi connectivity index (χ1n) is 6.37.